The molecule has 0 aliphatic heterocycles. The zero-order valence-electron chi connectivity index (χ0n) is 11.7. The van der Waals surface area contributed by atoms with Gasteiger partial charge in [-0.3, -0.25) is 4.79 Å². The van der Waals surface area contributed by atoms with Crippen molar-refractivity contribution < 1.29 is 9.53 Å². The number of carbonyl (C=O) groups excluding carboxylic acids is 1. The molecule has 1 unspecified atom stereocenters. The first kappa shape index (κ1) is 14.5. The summed E-state index contributed by atoms with van der Waals surface area (Å²) in [5.41, 5.74) is 8.38. The van der Waals surface area contributed by atoms with Crippen molar-refractivity contribution in [3.8, 4) is 5.75 Å². The smallest absolute Gasteiger partial charge is 0.241 e. The first-order valence-corrected chi connectivity index (χ1v) is 6.11. The Bertz CT molecular complexity index is 440. The van der Waals surface area contributed by atoms with Crippen molar-refractivity contribution in [1.82, 2.24) is 0 Å². The molecule has 1 aromatic carbocycles. The number of benzene rings is 1. The van der Waals surface area contributed by atoms with Crippen LogP contribution in [0.1, 0.15) is 37.8 Å². The Kier molecular flexibility index (Phi) is 4.73. The van der Waals surface area contributed by atoms with Crippen molar-refractivity contribution in [3.63, 3.8) is 0 Å². The van der Waals surface area contributed by atoms with Crippen LogP contribution in [-0.4, -0.2) is 19.1 Å². The maximum atomic E-state index is 11.6. The fourth-order valence-corrected chi connectivity index (χ4v) is 1.71. The summed E-state index contributed by atoms with van der Waals surface area (Å²) < 4.78 is 5.36. The van der Waals surface area contributed by atoms with Gasteiger partial charge in [0.1, 0.15) is 5.75 Å². The molecule has 0 heterocycles. The Balaban J connectivity index is 3.13. The molecule has 4 heteroatoms. The summed E-state index contributed by atoms with van der Waals surface area (Å²) in [6.45, 7) is 7.77. The Hall–Kier alpha value is -1.55. The van der Waals surface area contributed by atoms with Crippen molar-refractivity contribution in [2.45, 2.75) is 39.7 Å². The fraction of sp³-hybridized carbons (Fsp3) is 0.500. The van der Waals surface area contributed by atoms with Crippen LogP contribution in [0.5, 0.6) is 5.75 Å². The lowest BCUT2D eigenvalue weighted by molar-refractivity contribution is -0.117. The molecule has 0 saturated heterocycles. The lowest BCUT2D eigenvalue weighted by atomic mass is 9.99. The first-order chi connectivity index (χ1) is 8.36. The highest BCUT2D eigenvalue weighted by molar-refractivity contribution is 5.95. The van der Waals surface area contributed by atoms with Crippen LogP contribution in [0.25, 0.3) is 0 Å². The van der Waals surface area contributed by atoms with Crippen molar-refractivity contribution in [1.29, 1.82) is 0 Å². The zero-order valence-corrected chi connectivity index (χ0v) is 11.7. The van der Waals surface area contributed by atoms with E-state index in [-0.39, 0.29) is 5.91 Å². The van der Waals surface area contributed by atoms with E-state index < -0.39 is 6.04 Å². The van der Waals surface area contributed by atoms with E-state index in [2.05, 4.69) is 19.2 Å². The summed E-state index contributed by atoms with van der Waals surface area (Å²) in [5, 5.41) is 2.84. The third kappa shape index (κ3) is 3.23. The maximum absolute atomic E-state index is 11.6. The average molecular weight is 250 g/mol. The highest BCUT2D eigenvalue weighted by Crippen LogP contribution is 2.31. The number of hydrogen-bond acceptors (Lipinski definition) is 3. The van der Waals surface area contributed by atoms with Gasteiger partial charge in [0, 0.05) is 5.69 Å². The van der Waals surface area contributed by atoms with Gasteiger partial charge in [0.25, 0.3) is 0 Å². The molecule has 18 heavy (non-hydrogen) atoms. The molecule has 0 aromatic heterocycles. The van der Waals surface area contributed by atoms with E-state index in [1.807, 2.05) is 19.1 Å². The van der Waals surface area contributed by atoms with Crippen LogP contribution in [0.4, 0.5) is 5.69 Å². The number of nitrogens with one attached hydrogen (secondary N) is 1. The molecule has 0 aliphatic carbocycles. The summed E-state index contributed by atoms with van der Waals surface area (Å²) in [6, 6.07) is 3.37. The van der Waals surface area contributed by atoms with Crippen molar-refractivity contribution >= 4 is 11.6 Å². The van der Waals surface area contributed by atoms with E-state index in [0.717, 1.165) is 22.6 Å². The highest BCUT2D eigenvalue weighted by atomic mass is 16.5. The molecule has 1 aromatic rings. The third-order valence-electron chi connectivity index (χ3n) is 2.87. The quantitative estimate of drug-likeness (QED) is 0.862. The van der Waals surface area contributed by atoms with Gasteiger partial charge in [0.15, 0.2) is 0 Å². The molecule has 0 bridgehead atoms. The van der Waals surface area contributed by atoms with Gasteiger partial charge in [-0.1, -0.05) is 13.8 Å². The molecule has 3 N–H and O–H groups in total. The van der Waals surface area contributed by atoms with Crippen LogP contribution >= 0.6 is 0 Å². The van der Waals surface area contributed by atoms with E-state index in [4.69, 9.17) is 10.5 Å². The molecule has 1 rings (SSSR count). The molecule has 0 spiro atoms. The van der Waals surface area contributed by atoms with E-state index in [1.54, 1.807) is 14.0 Å². The summed E-state index contributed by atoms with van der Waals surface area (Å²) in [7, 11) is 1.65. The molecule has 0 fully saturated rings. The summed E-state index contributed by atoms with van der Waals surface area (Å²) >= 11 is 0. The number of anilines is 1. The lowest BCUT2D eigenvalue weighted by Crippen LogP contribution is -2.32. The van der Waals surface area contributed by atoms with Crippen molar-refractivity contribution in [2.75, 3.05) is 12.4 Å². The van der Waals surface area contributed by atoms with Crippen LogP contribution in [-0.2, 0) is 4.79 Å². The van der Waals surface area contributed by atoms with Crippen LogP contribution in [0, 0.1) is 6.92 Å². The molecule has 1 amide bonds. The average Bonchev–Trinajstić information content (AvgIpc) is 2.30. The minimum Gasteiger partial charge on any atom is -0.496 e. The Morgan fingerprint density at radius 3 is 2.39 bits per heavy atom. The molecule has 0 aliphatic rings. The van der Waals surface area contributed by atoms with Gasteiger partial charge >= 0.3 is 0 Å². The molecular formula is C14H22N2O2. The van der Waals surface area contributed by atoms with E-state index in [9.17, 15) is 4.79 Å². The minimum atomic E-state index is -0.519. The maximum Gasteiger partial charge on any atom is 0.241 e. The van der Waals surface area contributed by atoms with Crippen LogP contribution < -0.4 is 15.8 Å². The summed E-state index contributed by atoms with van der Waals surface area (Å²) in [6.07, 6.45) is 0. The normalized spacial score (nSPS) is 12.4. The predicted molar refractivity (Wildman–Crippen MR) is 74.1 cm³/mol. The third-order valence-corrected chi connectivity index (χ3v) is 2.87. The SMILES string of the molecule is COc1cc(C)c(NC(=O)C(C)N)cc1C(C)C. The standard InChI is InChI=1S/C14H22N2O2/c1-8(2)11-7-12(16-14(17)10(4)15)9(3)6-13(11)18-5/h6-8,10H,15H2,1-5H3,(H,16,17). The van der Waals surface area contributed by atoms with Crippen LogP contribution in [0.2, 0.25) is 0 Å². The summed E-state index contributed by atoms with van der Waals surface area (Å²) in [5.74, 6) is 0.991. The van der Waals surface area contributed by atoms with Crippen molar-refractivity contribution in [3.05, 3.63) is 23.3 Å². The fourth-order valence-electron chi connectivity index (χ4n) is 1.71. The first-order valence-electron chi connectivity index (χ1n) is 6.11. The molecular weight excluding hydrogens is 228 g/mol. The molecule has 100 valence electrons. The van der Waals surface area contributed by atoms with Gasteiger partial charge in [0.2, 0.25) is 5.91 Å². The Labute approximate surface area is 109 Å². The second-order valence-electron chi connectivity index (χ2n) is 4.84. The van der Waals surface area contributed by atoms with Gasteiger partial charge < -0.3 is 15.8 Å². The van der Waals surface area contributed by atoms with Gasteiger partial charge in [-0.2, -0.15) is 0 Å². The van der Waals surface area contributed by atoms with Crippen LogP contribution in [0.3, 0.4) is 0 Å². The van der Waals surface area contributed by atoms with E-state index in [1.165, 1.54) is 0 Å². The summed E-state index contributed by atoms with van der Waals surface area (Å²) in [4.78, 5) is 11.6. The van der Waals surface area contributed by atoms with Gasteiger partial charge in [-0.15, -0.1) is 0 Å². The molecule has 4 nitrogen and oxygen atoms in total. The topological polar surface area (TPSA) is 64.3 Å². The molecule has 1 atom stereocenters. The monoisotopic (exact) mass is 250 g/mol. The highest BCUT2D eigenvalue weighted by Gasteiger charge is 2.14. The number of hydrogen-bond donors (Lipinski definition) is 2. The number of aryl methyl sites for hydroxylation is 1. The largest absolute Gasteiger partial charge is 0.496 e. The zero-order chi connectivity index (χ0) is 13.9. The number of ether oxygens (including phenoxy) is 1. The van der Waals surface area contributed by atoms with Gasteiger partial charge in [-0.25, -0.2) is 0 Å². The van der Waals surface area contributed by atoms with Crippen molar-refractivity contribution in [2.24, 2.45) is 5.73 Å². The molecule has 0 radical (unpaired) electrons. The number of methoxy groups -OCH3 is 1. The molecule has 0 saturated carbocycles. The minimum absolute atomic E-state index is 0.182. The number of nitrogens with two attached hydrogens (primary N) is 1. The Morgan fingerprint density at radius 2 is 1.94 bits per heavy atom. The predicted octanol–water partition coefficient (Wildman–Crippen LogP) is 2.41. The van der Waals surface area contributed by atoms with E-state index in [0.29, 0.717) is 5.92 Å². The Morgan fingerprint density at radius 1 is 1.33 bits per heavy atom. The second kappa shape index (κ2) is 5.87. The second-order valence-corrected chi connectivity index (χ2v) is 4.84. The van der Waals surface area contributed by atoms with Crippen LogP contribution in [0.15, 0.2) is 12.1 Å². The van der Waals surface area contributed by atoms with E-state index >= 15 is 0 Å². The number of amides is 1. The van der Waals surface area contributed by atoms with Gasteiger partial charge in [0.05, 0.1) is 13.2 Å². The number of carbonyl (C=O) groups is 1. The lowest BCUT2D eigenvalue weighted by Gasteiger charge is -2.17. The number of rotatable bonds is 4. The van der Waals surface area contributed by atoms with Gasteiger partial charge in [-0.05, 0) is 43.0 Å².